The molecule has 0 bridgehead atoms. The number of nitrogens with one attached hydrogen (secondary N) is 1. The predicted molar refractivity (Wildman–Crippen MR) is 58.7 cm³/mol. The zero-order chi connectivity index (χ0) is 10.7. The van der Waals surface area contributed by atoms with Gasteiger partial charge in [-0.15, -0.1) is 0 Å². The van der Waals surface area contributed by atoms with E-state index < -0.39 is 5.67 Å². The highest BCUT2D eigenvalue weighted by molar-refractivity contribution is 4.90. The van der Waals surface area contributed by atoms with Gasteiger partial charge in [-0.2, -0.15) is 0 Å². The molecule has 88 valence electrons. The molecule has 1 heterocycles. The van der Waals surface area contributed by atoms with Crippen LogP contribution in [0.25, 0.3) is 0 Å². The van der Waals surface area contributed by atoms with Gasteiger partial charge < -0.3 is 10.1 Å². The molecule has 2 atom stereocenters. The van der Waals surface area contributed by atoms with E-state index in [1.165, 1.54) is 12.8 Å². The Hall–Kier alpha value is -0.150. The van der Waals surface area contributed by atoms with Crippen LogP contribution in [0, 0.1) is 5.92 Å². The molecule has 0 spiro atoms. The van der Waals surface area contributed by atoms with Crippen LogP contribution in [-0.4, -0.2) is 31.5 Å². The lowest BCUT2D eigenvalue weighted by atomic mass is 9.84. The van der Waals surface area contributed by atoms with Gasteiger partial charge in [-0.1, -0.05) is 12.8 Å². The summed E-state index contributed by atoms with van der Waals surface area (Å²) in [7, 11) is 0. The van der Waals surface area contributed by atoms with Crippen molar-refractivity contribution < 1.29 is 9.13 Å². The molecule has 2 fully saturated rings. The first kappa shape index (κ1) is 11.3. The van der Waals surface area contributed by atoms with Gasteiger partial charge in [0.05, 0.1) is 13.2 Å². The first-order valence-corrected chi connectivity index (χ1v) is 6.18. The minimum Gasteiger partial charge on any atom is -0.379 e. The summed E-state index contributed by atoms with van der Waals surface area (Å²) < 4.78 is 19.8. The van der Waals surface area contributed by atoms with E-state index >= 15 is 0 Å². The van der Waals surface area contributed by atoms with E-state index in [0.717, 1.165) is 26.0 Å². The maximum absolute atomic E-state index is 14.5. The van der Waals surface area contributed by atoms with Gasteiger partial charge in [0.2, 0.25) is 0 Å². The zero-order valence-corrected chi connectivity index (χ0v) is 9.60. The molecular weight excluding hydrogens is 193 g/mol. The van der Waals surface area contributed by atoms with Crippen molar-refractivity contribution in [1.82, 2.24) is 5.32 Å². The van der Waals surface area contributed by atoms with Crippen molar-refractivity contribution in [3.8, 4) is 0 Å². The van der Waals surface area contributed by atoms with Crippen molar-refractivity contribution in [2.24, 2.45) is 5.92 Å². The minimum absolute atomic E-state index is 0.217. The summed E-state index contributed by atoms with van der Waals surface area (Å²) in [6.45, 7) is 4.08. The van der Waals surface area contributed by atoms with E-state index in [1.54, 1.807) is 6.92 Å². The van der Waals surface area contributed by atoms with Crippen molar-refractivity contribution in [1.29, 1.82) is 0 Å². The monoisotopic (exact) mass is 215 g/mol. The lowest BCUT2D eigenvalue weighted by Crippen LogP contribution is -2.46. The highest BCUT2D eigenvalue weighted by Crippen LogP contribution is 2.39. The molecule has 1 aliphatic heterocycles. The topological polar surface area (TPSA) is 21.3 Å². The number of hydrogen-bond donors (Lipinski definition) is 1. The summed E-state index contributed by atoms with van der Waals surface area (Å²) in [6.07, 6.45) is 5.16. The molecule has 15 heavy (non-hydrogen) atoms. The molecule has 3 heteroatoms. The second kappa shape index (κ2) is 4.79. The lowest BCUT2D eigenvalue weighted by molar-refractivity contribution is 0.0269. The van der Waals surface area contributed by atoms with Crippen LogP contribution >= 0.6 is 0 Å². The maximum Gasteiger partial charge on any atom is 0.112 e. The highest BCUT2D eigenvalue weighted by atomic mass is 19.1. The van der Waals surface area contributed by atoms with E-state index in [1.807, 2.05) is 0 Å². The Morgan fingerprint density at radius 3 is 2.73 bits per heavy atom. The average molecular weight is 215 g/mol. The number of alkyl halides is 1. The molecule has 0 amide bonds. The van der Waals surface area contributed by atoms with E-state index in [4.69, 9.17) is 4.74 Å². The Kier molecular flexibility index (Phi) is 3.62. The smallest absolute Gasteiger partial charge is 0.112 e. The van der Waals surface area contributed by atoms with Gasteiger partial charge in [0.25, 0.3) is 0 Å². The van der Waals surface area contributed by atoms with Crippen LogP contribution in [0.15, 0.2) is 0 Å². The largest absolute Gasteiger partial charge is 0.379 e. The third kappa shape index (κ3) is 2.91. The minimum atomic E-state index is -1.01. The quantitative estimate of drug-likeness (QED) is 0.780. The van der Waals surface area contributed by atoms with Crippen molar-refractivity contribution in [2.75, 3.05) is 19.8 Å². The molecule has 2 nitrogen and oxygen atoms in total. The second-order valence-corrected chi connectivity index (χ2v) is 5.19. The summed E-state index contributed by atoms with van der Waals surface area (Å²) >= 11 is 0. The van der Waals surface area contributed by atoms with Crippen molar-refractivity contribution in [2.45, 2.75) is 50.7 Å². The summed E-state index contributed by atoms with van der Waals surface area (Å²) in [6, 6.07) is 0.217. The zero-order valence-electron chi connectivity index (χ0n) is 9.60. The van der Waals surface area contributed by atoms with Crippen LogP contribution in [0.2, 0.25) is 0 Å². The fraction of sp³-hybridized carbons (Fsp3) is 1.00. The SMILES string of the molecule is CC(F)(CC1COCCN1)C1CCCC1. The predicted octanol–water partition coefficient (Wildman–Crippen LogP) is 2.28. The van der Waals surface area contributed by atoms with Crippen LogP contribution < -0.4 is 5.32 Å². The molecule has 1 saturated carbocycles. The average Bonchev–Trinajstić information content (AvgIpc) is 2.71. The number of hydrogen-bond acceptors (Lipinski definition) is 2. The van der Waals surface area contributed by atoms with E-state index in [0.29, 0.717) is 13.0 Å². The van der Waals surface area contributed by atoms with Crippen LogP contribution in [-0.2, 0) is 4.74 Å². The van der Waals surface area contributed by atoms with Crippen LogP contribution in [0.1, 0.15) is 39.0 Å². The Labute approximate surface area is 91.6 Å². The molecule has 2 unspecified atom stereocenters. The maximum atomic E-state index is 14.5. The number of halogens is 1. The van der Waals surface area contributed by atoms with Gasteiger partial charge in [-0.3, -0.25) is 0 Å². The highest BCUT2D eigenvalue weighted by Gasteiger charge is 2.38. The van der Waals surface area contributed by atoms with Gasteiger partial charge in [-0.25, -0.2) is 4.39 Å². The Balaban J connectivity index is 1.84. The van der Waals surface area contributed by atoms with Crippen molar-refractivity contribution >= 4 is 0 Å². The van der Waals surface area contributed by atoms with Crippen LogP contribution in [0.3, 0.4) is 0 Å². The lowest BCUT2D eigenvalue weighted by Gasteiger charge is -2.33. The standard InChI is InChI=1S/C12H22FNO/c1-12(13,10-4-2-3-5-10)8-11-9-15-7-6-14-11/h10-11,14H,2-9H2,1H3. The Morgan fingerprint density at radius 1 is 1.40 bits per heavy atom. The summed E-state index contributed by atoms with van der Waals surface area (Å²) in [5.41, 5.74) is -1.01. The van der Waals surface area contributed by atoms with Gasteiger partial charge in [-0.05, 0) is 32.1 Å². The fourth-order valence-electron chi connectivity index (χ4n) is 2.93. The molecule has 0 aromatic heterocycles. The summed E-state index contributed by atoms with van der Waals surface area (Å²) in [5.74, 6) is 0.279. The van der Waals surface area contributed by atoms with Crippen molar-refractivity contribution in [3.05, 3.63) is 0 Å². The van der Waals surface area contributed by atoms with Gasteiger partial charge in [0.15, 0.2) is 0 Å². The van der Waals surface area contributed by atoms with Gasteiger partial charge >= 0.3 is 0 Å². The Bertz CT molecular complexity index is 196. The molecular formula is C12H22FNO. The van der Waals surface area contributed by atoms with Gasteiger partial charge in [0, 0.05) is 12.6 Å². The molecule has 0 radical (unpaired) electrons. The van der Waals surface area contributed by atoms with Gasteiger partial charge in [0.1, 0.15) is 5.67 Å². The molecule has 1 aliphatic carbocycles. The van der Waals surface area contributed by atoms with Crippen LogP contribution in [0.4, 0.5) is 4.39 Å². The third-order valence-corrected chi connectivity index (χ3v) is 3.85. The number of rotatable bonds is 3. The molecule has 0 aromatic rings. The molecule has 2 rings (SSSR count). The number of ether oxygens (including phenoxy) is 1. The third-order valence-electron chi connectivity index (χ3n) is 3.85. The van der Waals surface area contributed by atoms with E-state index in [9.17, 15) is 4.39 Å². The Morgan fingerprint density at radius 2 is 2.13 bits per heavy atom. The number of morpholine rings is 1. The second-order valence-electron chi connectivity index (χ2n) is 5.19. The molecule has 0 aromatic carbocycles. The molecule has 1 N–H and O–H groups in total. The van der Waals surface area contributed by atoms with E-state index in [2.05, 4.69) is 5.32 Å². The summed E-state index contributed by atoms with van der Waals surface area (Å²) in [5, 5.41) is 3.33. The fourth-order valence-corrected chi connectivity index (χ4v) is 2.93. The normalized spacial score (nSPS) is 32.8. The first-order chi connectivity index (χ1) is 7.18. The summed E-state index contributed by atoms with van der Waals surface area (Å²) in [4.78, 5) is 0. The first-order valence-electron chi connectivity index (χ1n) is 6.18. The molecule has 2 aliphatic rings. The molecule has 1 saturated heterocycles. The van der Waals surface area contributed by atoms with Crippen molar-refractivity contribution in [3.63, 3.8) is 0 Å². The van der Waals surface area contributed by atoms with Crippen LogP contribution in [0.5, 0.6) is 0 Å². The van der Waals surface area contributed by atoms with E-state index in [-0.39, 0.29) is 12.0 Å².